The summed E-state index contributed by atoms with van der Waals surface area (Å²) in [5.41, 5.74) is 17.3. The van der Waals surface area contributed by atoms with Gasteiger partial charge in [0.15, 0.2) is 5.96 Å². The van der Waals surface area contributed by atoms with Gasteiger partial charge in [-0.3, -0.25) is 9.79 Å². The molecule has 0 saturated carbocycles. The number of nitrogens with zero attached hydrogens (tertiary/aromatic N) is 1. The molecule has 1 aromatic heterocycles. The fourth-order valence-electron chi connectivity index (χ4n) is 2.34. The molecule has 0 aliphatic rings. The van der Waals surface area contributed by atoms with Crippen LogP contribution in [-0.4, -0.2) is 35.7 Å². The molecule has 0 aliphatic carbocycles. The molecule has 1 aromatic carbocycles. The summed E-state index contributed by atoms with van der Waals surface area (Å²) in [6, 6.07) is 5.43. The number of aryl methyl sites for hydroxylation is 1. The normalized spacial score (nSPS) is 13.2. The zero-order chi connectivity index (χ0) is 18.6. The predicted molar refractivity (Wildman–Crippen MR) is 95.5 cm³/mol. The van der Waals surface area contributed by atoms with Crippen LogP contribution in [0.4, 0.5) is 5.69 Å². The number of aliphatic imine (C=N–C) groups is 1. The molecule has 0 aliphatic heterocycles. The summed E-state index contributed by atoms with van der Waals surface area (Å²) in [6.45, 7) is 1.96. The highest BCUT2D eigenvalue weighted by Crippen LogP contribution is 2.18. The predicted octanol–water partition coefficient (Wildman–Crippen LogP) is -0.0427. The van der Waals surface area contributed by atoms with E-state index < -0.39 is 23.7 Å². The van der Waals surface area contributed by atoms with E-state index in [1.54, 1.807) is 12.1 Å². The van der Waals surface area contributed by atoms with Gasteiger partial charge < -0.3 is 32.0 Å². The van der Waals surface area contributed by atoms with Crippen LogP contribution in [-0.2, 0) is 4.79 Å². The lowest BCUT2D eigenvalue weighted by molar-refractivity contribution is -0.138. The Hall–Kier alpha value is -3.07. The van der Waals surface area contributed by atoms with E-state index in [-0.39, 0.29) is 24.6 Å². The Kier molecular flexibility index (Phi) is 5.60. The van der Waals surface area contributed by atoms with Gasteiger partial charge >= 0.3 is 11.6 Å². The number of anilines is 1. The van der Waals surface area contributed by atoms with Gasteiger partial charge in [-0.05, 0) is 31.0 Å². The van der Waals surface area contributed by atoms with Gasteiger partial charge in [0.05, 0.1) is 6.54 Å². The van der Waals surface area contributed by atoms with E-state index >= 15 is 0 Å². The van der Waals surface area contributed by atoms with Crippen molar-refractivity contribution in [3.05, 3.63) is 40.2 Å². The second-order valence-corrected chi connectivity index (χ2v) is 5.78. The molecule has 0 radical (unpaired) electrons. The number of benzene rings is 1. The number of hydrogen-bond acceptors (Lipinski definition) is 6. The summed E-state index contributed by atoms with van der Waals surface area (Å²) >= 11 is 0. The molecule has 0 spiro atoms. The summed E-state index contributed by atoms with van der Waals surface area (Å²) < 4.78 is 5.30. The van der Waals surface area contributed by atoms with E-state index in [1.165, 1.54) is 0 Å². The lowest BCUT2D eigenvalue weighted by Crippen LogP contribution is -2.39. The number of guanidine groups is 1. The van der Waals surface area contributed by atoms with Crippen LogP contribution in [0.3, 0.4) is 0 Å². The van der Waals surface area contributed by atoms with Crippen molar-refractivity contribution in [2.45, 2.75) is 25.4 Å². The number of hydrogen-bond donors (Lipinski definition) is 5. The largest absolute Gasteiger partial charge is 0.480 e. The van der Waals surface area contributed by atoms with Gasteiger partial charge in [0.1, 0.15) is 17.3 Å². The second-order valence-electron chi connectivity index (χ2n) is 5.78. The van der Waals surface area contributed by atoms with Gasteiger partial charge in [-0.2, -0.15) is 0 Å². The van der Waals surface area contributed by atoms with Gasteiger partial charge in [0.25, 0.3) is 0 Å². The number of fused-ring (bicyclic) bond motifs is 1. The molecule has 2 rings (SSSR count). The van der Waals surface area contributed by atoms with Crippen LogP contribution in [0.2, 0.25) is 0 Å². The Morgan fingerprint density at radius 1 is 1.36 bits per heavy atom. The molecule has 2 atom stereocenters. The van der Waals surface area contributed by atoms with Crippen LogP contribution >= 0.6 is 0 Å². The van der Waals surface area contributed by atoms with E-state index in [0.29, 0.717) is 5.58 Å². The maximum absolute atomic E-state index is 12.2. The number of rotatable bonds is 7. The maximum atomic E-state index is 12.2. The molecule has 1 unspecified atom stereocenters. The standard InChI is InChI=1S/C16H21N5O4/c1-8-2-3-9-5-12(15(24)25-13(9)4-8)21-10(7-20-16(18)19)6-11(17)14(22)23/h2-5,10-11,21H,6-7,17H2,1H3,(H,22,23)(H4,18,19,20)/t10?,11-/m0/s1. The molecule has 0 fully saturated rings. The van der Waals surface area contributed by atoms with Gasteiger partial charge in [0.2, 0.25) is 0 Å². The van der Waals surface area contributed by atoms with Crippen molar-refractivity contribution in [1.82, 2.24) is 0 Å². The first-order valence-electron chi connectivity index (χ1n) is 7.61. The lowest BCUT2D eigenvalue weighted by atomic mass is 10.1. The molecule has 9 heteroatoms. The summed E-state index contributed by atoms with van der Waals surface area (Å²) in [6.07, 6.45) is 0.0253. The van der Waals surface area contributed by atoms with Crippen LogP contribution in [0, 0.1) is 6.92 Å². The van der Waals surface area contributed by atoms with Crippen molar-refractivity contribution in [2.24, 2.45) is 22.2 Å². The highest BCUT2D eigenvalue weighted by Gasteiger charge is 2.20. The third-order valence-corrected chi connectivity index (χ3v) is 3.60. The zero-order valence-corrected chi connectivity index (χ0v) is 13.7. The minimum atomic E-state index is -1.16. The first-order chi connectivity index (χ1) is 11.8. The monoisotopic (exact) mass is 347 g/mol. The van der Waals surface area contributed by atoms with Gasteiger partial charge in [-0.25, -0.2) is 4.79 Å². The van der Waals surface area contributed by atoms with Gasteiger partial charge in [-0.1, -0.05) is 12.1 Å². The van der Waals surface area contributed by atoms with E-state index in [0.717, 1.165) is 10.9 Å². The highest BCUT2D eigenvalue weighted by atomic mass is 16.4. The van der Waals surface area contributed by atoms with Gasteiger partial charge in [0, 0.05) is 11.4 Å². The summed E-state index contributed by atoms with van der Waals surface area (Å²) in [7, 11) is 0. The smallest absolute Gasteiger partial charge is 0.359 e. The van der Waals surface area contributed by atoms with Crippen molar-refractivity contribution in [3.63, 3.8) is 0 Å². The molecule has 134 valence electrons. The van der Waals surface area contributed by atoms with Crippen LogP contribution < -0.4 is 28.1 Å². The van der Waals surface area contributed by atoms with E-state index in [2.05, 4.69) is 10.3 Å². The number of carboxylic acids is 1. The average Bonchev–Trinajstić information content (AvgIpc) is 2.53. The Balaban J connectivity index is 2.30. The summed E-state index contributed by atoms with van der Waals surface area (Å²) in [5, 5.41) is 12.6. The average molecular weight is 347 g/mol. The number of nitrogens with one attached hydrogen (secondary N) is 1. The fraction of sp³-hybridized carbons (Fsp3) is 0.312. The molecule has 0 bridgehead atoms. The van der Waals surface area contributed by atoms with Crippen molar-refractivity contribution in [2.75, 3.05) is 11.9 Å². The third-order valence-electron chi connectivity index (χ3n) is 3.60. The minimum Gasteiger partial charge on any atom is -0.480 e. The van der Waals surface area contributed by atoms with E-state index in [1.807, 2.05) is 19.1 Å². The quantitative estimate of drug-likeness (QED) is 0.264. The number of nitrogens with two attached hydrogens (primary N) is 3. The topological polar surface area (TPSA) is 170 Å². The van der Waals surface area contributed by atoms with E-state index in [9.17, 15) is 9.59 Å². The van der Waals surface area contributed by atoms with Crippen LogP contribution in [0.5, 0.6) is 0 Å². The maximum Gasteiger partial charge on any atom is 0.359 e. The minimum absolute atomic E-state index is 0.0253. The van der Waals surface area contributed by atoms with Crippen molar-refractivity contribution < 1.29 is 14.3 Å². The van der Waals surface area contributed by atoms with Crippen molar-refractivity contribution in [1.29, 1.82) is 0 Å². The zero-order valence-electron chi connectivity index (χ0n) is 13.7. The number of carbonyl (C=O) groups is 1. The lowest BCUT2D eigenvalue weighted by Gasteiger charge is -2.19. The van der Waals surface area contributed by atoms with E-state index in [4.69, 9.17) is 26.7 Å². The Bertz CT molecular complexity index is 857. The summed E-state index contributed by atoms with van der Waals surface area (Å²) in [4.78, 5) is 27.0. The summed E-state index contributed by atoms with van der Waals surface area (Å²) in [5.74, 6) is -1.30. The molecular formula is C16H21N5O4. The fourth-order valence-corrected chi connectivity index (χ4v) is 2.34. The Labute approximate surface area is 143 Å². The third kappa shape index (κ3) is 4.95. The second kappa shape index (κ2) is 7.67. The Morgan fingerprint density at radius 3 is 2.72 bits per heavy atom. The van der Waals surface area contributed by atoms with Gasteiger partial charge in [-0.15, -0.1) is 0 Å². The molecule has 0 amide bonds. The molecule has 25 heavy (non-hydrogen) atoms. The van der Waals surface area contributed by atoms with Crippen molar-refractivity contribution >= 4 is 28.6 Å². The first-order valence-corrected chi connectivity index (χ1v) is 7.61. The Morgan fingerprint density at radius 2 is 2.08 bits per heavy atom. The van der Waals surface area contributed by atoms with Crippen molar-refractivity contribution in [3.8, 4) is 0 Å². The molecule has 2 aromatic rings. The molecule has 8 N–H and O–H groups in total. The first kappa shape index (κ1) is 18.3. The van der Waals surface area contributed by atoms with Crippen LogP contribution in [0.25, 0.3) is 11.0 Å². The molecule has 0 saturated heterocycles. The number of carboxylic acid groups (broad SMARTS) is 1. The SMILES string of the molecule is Cc1ccc2cc(NC(CN=C(N)N)C[C@H](N)C(=O)O)c(=O)oc2c1. The van der Waals surface area contributed by atoms with Crippen LogP contribution in [0.15, 0.2) is 38.5 Å². The number of aliphatic carboxylic acids is 1. The van der Waals surface area contributed by atoms with Crippen LogP contribution in [0.1, 0.15) is 12.0 Å². The molecule has 9 nitrogen and oxygen atoms in total. The molecule has 1 heterocycles. The highest BCUT2D eigenvalue weighted by molar-refractivity contribution is 5.80. The molecular weight excluding hydrogens is 326 g/mol.